The Hall–Kier alpha value is -1.41. The van der Waals surface area contributed by atoms with Gasteiger partial charge in [0.15, 0.2) is 0 Å². The van der Waals surface area contributed by atoms with Crippen LogP contribution in [0.15, 0.2) is 36.5 Å². The maximum atomic E-state index is 4.60. The number of nitrogens with zero attached hydrogens (tertiary/aromatic N) is 1. The molecular formula is C17H22N2. The van der Waals surface area contributed by atoms with Crippen molar-refractivity contribution in [1.82, 2.24) is 10.3 Å². The van der Waals surface area contributed by atoms with Gasteiger partial charge in [0.25, 0.3) is 0 Å². The maximum Gasteiger partial charge on any atom is 0.0749 e. The molecule has 1 saturated carbocycles. The summed E-state index contributed by atoms with van der Waals surface area (Å²) in [6, 6.07) is 11.2. The maximum absolute atomic E-state index is 4.60. The van der Waals surface area contributed by atoms with Gasteiger partial charge in [0.1, 0.15) is 0 Å². The molecule has 1 aromatic carbocycles. The minimum absolute atomic E-state index is 0.453. The second-order valence-electron chi connectivity index (χ2n) is 5.57. The molecule has 1 aliphatic rings. The Morgan fingerprint density at radius 3 is 2.84 bits per heavy atom. The number of pyridine rings is 1. The third-order valence-corrected chi connectivity index (χ3v) is 4.28. The summed E-state index contributed by atoms with van der Waals surface area (Å²) in [5.41, 5.74) is 2.53. The van der Waals surface area contributed by atoms with Crippen molar-refractivity contribution in [2.24, 2.45) is 5.92 Å². The zero-order valence-electron chi connectivity index (χ0n) is 11.6. The van der Waals surface area contributed by atoms with Crippen LogP contribution in [0.5, 0.6) is 0 Å². The fourth-order valence-corrected chi connectivity index (χ4v) is 3.04. The summed E-state index contributed by atoms with van der Waals surface area (Å²) in [6.07, 6.45) is 7.37. The van der Waals surface area contributed by atoms with Crippen molar-refractivity contribution in [3.8, 4) is 0 Å². The van der Waals surface area contributed by atoms with Gasteiger partial charge >= 0.3 is 0 Å². The molecule has 1 aliphatic carbocycles. The van der Waals surface area contributed by atoms with Crippen molar-refractivity contribution >= 4 is 10.9 Å². The number of hydrogen-bond acceptors (Lipinski definition) is 2. The second-order valence-corrected chi connectivity index (χ2v) is 5.57. The molecule has 2 nitrogen and oxygen atoms in total. The van der Waals surface area contributed by atoms with E-state index in [1.165, 1.54) is 36.6 Å². The van der Waals surface area contributed by atoms with Gasteiger partial charge in [-0.1, -0.05) is 50.5 Å². The van der Waals surface area contributed by atoms with Crippen LogP contribution < -0.4 is 5.32 Å². The molecule has 0 bridgehead atoms. The quantitative estimate of drug-likeness (QED) is 0.869. The van der Waals surface area contributed by atoms with Crippen LogP contribution >= 0.6 is 0 Å². The minimum Gasteiger partial charge on any atom is -0.310 e. The molecule has 100 valence electrons. The van der Waals surface area contributed by atoms with Gasteiger partial charge in [0.2, 0.25) is 0 Å². The van der Waals surface area contributed by atoms with Crippen LogP contribution in [-0.2, 0) is 0 Å². The lowest BCUT2D eigenvalue weighted by Gasteiger charge is -2.30. The van der Waals surface area contributed by atoms with E-state index >= 15 is 0 Å². The Bertz CT molecular complexity index is 540. The summed E-state index contributed by atoms with van der Waals surface area (Å²) in [6.45, 7) is 3.20. The van der Waals surface area contributed by atoms with Crippen LogP contribution in [0.4, 0.5) is 0 Å². The van der Waals surface area contributed by atoms with E-state index in [2.05, 4.69) is 41.5 Å². The predicted octanol–water partition coefficient (Wildman–Crippen LogP) is 4.08. The van der Waals surface area contributed by atoms with Crippen LogP contribution in [0, 0.1) is 5.92 Å². The van der Waals surface area contributed by atoms with Crippen LogP contribution in [-0.4, -0.2) is 11.5 Å². The standard InChI is InChI=1S/C17H22N2/c1-2-18-16(12-13-6-3-7-13)15-10-4-8-14-9-5-11-19-17(14)15/h4-5,8-11,13,16,18H,2-3,6-7,12H2,1H3. The largest absolute Gasteiger partial charge is 0.310 e. The van der Waals surface area contributed by atoms with E-state index in [1.54, 1.807) is 0 Å². The highest BCUT2D eigenvalue weighted by Gasteiger charge is 2.23. The van der Waals surface area contributed by atoms with Crippen molar-refractivity contribution in [3.05, 3.63) is 42.1 Å². The van der Waals surface area contributed by atoms with Crippen LogP contribution in [0.3, 0.4) is 0 Å². The second kappa shape index (κ2) is 5.70. The molecule has 1 N–H and O–H groups in total. The molecule has 0 aliphatic heterocycles. The van der Waals surface area contributed by atoms with Crippen LogP contribution in [0.1, 0.15) is 44.2 Å². The highest BCUT2D eigenvalue weighted by Crippen LogP contribution is 2.36. The van der Waals surface area contributed by atoms with Gasteiger partial charge in [-0.05, 0) is 30.5 Å². The summed E-state index contributed by atoms with van der Waals surface area (Å²) in [5, 5.41) is 4.90. The van der Waals surface area contributed by atoms with Crippen molar-refractivity contribution < 1.29 is 0 Å². The molecule has 2 heteroatoms. The third kappa shape index (κ3) is 2.64. The summed E-state index contributed by atoms with van der Waals surface area (Å²) < 4.78 is 0. The number of hydrogen-bond donors (Lipinski definition) is 1. The molecule has 3 rings (SSSR count). The highest BCUT2D eigenvalue weighted by molar-refractivity contribution is 5.82. The van der Waals surface area contributed by atoms with Gasteiger partial charge in [-0.15, -0.1) is 0 Å². The lowest BCUT2D eigenvalue weighted by Crippen LogP contribution is -2.26. The average Bonchev–Trinajstić information content (AvgIpc) is 2.41. The third-order valence-electron chi connectivity index (χ3n) is 4.28. The topological polar surface area (TPSA) is 24.9 Å². The van der Waals surface area contributed by atoms with E-state index in [1.807, 2.05) is 12.3 Å². The van der Waals surface area contributed by atoms with Crippen molar-refractivity contribution in [2.75, 3.05) is 6.54 Å². The van der Waals surface area contributed by atoms with Gasteiger partial charge in [0, 0.05) is 17.6 Å². The Labute approximate surface area is 115 Å². The monoisotopic (exact) mass is 254 g/mol. The zero-order valence-corrected chi connectivity index (χ0v) is 11.6. The van der Waals surface area contributed by atoms with Crippen molar-refractivity contribution in [3.63, 3.8) is 0 Å². The number of para-hydroxylation sites is 1. The Kier molecular flexibility index (Phi) is 3.79. The van der Waals surface area contributed by atoms with Gasteiger partial charge in [-0.2, -0.15) is 0 Å². The first-order valence-electron chi connectivity index (χ1n) is 7.45. The fraction of sp³-hybridized carbons (Fsp3) is 0.471. The van der Waals surface area contributed by atoms with Crippen molar-refractivity contribution in [2.45, 2.75) is 38.6 Å². The molecule has 0 spiro atoms. The van der Waals surface area contributed by atoms with E-state index in [-0.39, 0.29) is 0 Å². The molecule has 2 aromatic rings. The van der Waals surface area contributed by atoms with Gasteiger partial charge in [-0.3, -0.25) is 4.98 Å². The molecule has 0 radical (unpaired) electrons. The fourth-order valence-electron chi connectivity index (χ4n) is 3.04. The molecule has 1 fully saturated rings. The SMILES string of the molecule is CCNC(CC1CCC1)c1cccc2cccnc12. The van der Waals surface area contributed by atoms with Crippen LogP contribution in [0.25, 0.3) is 10.9 Å². The number of benzene rings is 1. The molecule has 0 amide bonds. The first-order chi connectivity index (χ1) is 9.38. The molecule has 1 aromatic heterocycles. The zero-order chi connectivity index (χ0) is 13.1. The first kappa shape index (κ1) is 12.6. The molecule has 1 heterocycles. The number of aromatic nitrogens is 1. The number of rotatable bonds is 5. The summed E-state index contributed by atoms with van der Waals surface area (Å²) >= 11 is 0. The van der Waals surface area contributed by atoms with E-state index in [0.29, 0.717) is 6.04 Å². The first-order valence-corrected chi connectivity index (χ1v) is 7.45. The lowest BCUT2D eigenvalue weighted by molar-refractivity contribution is 0.263. The molecule has 1 unspecified atom stereocenters. The minimum atomic E-state index is 0.453. The van der Waals surface area contributed by atoms with Crippen molar-refractivity contribution in [1.29, 1.82) is 0 Å². The summed E-state index contributed by atoms with van der Waals surface area (Å²) in [7, 11) is 0. The Balaban J connectivity index is 1.93. The number of fused-ring (bicyclic) bond motifs is 1. The van der Waals surface area contributed by atoms with E-state index < -0.39 is 0 Å². The normalized spacial score (nSPS) is 17.3. The van der Waals surface area contributed by atoms with E-state index in [0.717, 1.165) is 18.0 Å². The van der Waals surface area contributed by atoms with Gasteiger partial charge in [0.05, 0.1) is 5.52 Å². The predicted molar refractivity (Wildman–Crippen MR) is 80.1 cm³/mol. The Morgan fingerprint density at radius 2 is 2.11 bits per heavy atom. The molecule has 1 atom stereocenters. The number of nitrogens with one attached hydrogen (secondary N) is 1. The van der Waals surface area contributed by atoms with Gasteiger partial charge < -0.3 is 5.32 Å². The smallest absolute Gasteiger partial charge is 0.0749 e. The van der Waals surface area contributed by atoms with Gasteiger partial charge in [-0.25, -0.2) is 0 Å². The molecular weight excluding hydrogens is 232 g/mol. The van der Waals surface area contributed by atoms with E-state index in [9.17, 15) is 0 Å². The molecule has 19 heavy (non-hydrogen) atoms. The Morgan fingerprint density at radius 1 is 1.26 bits per heavy atom. The van der Waals surface area contributed by atoms with E-state index in [4.69, 9.17) is 0 Å². The lowest BCUT2D eigenvalue weighted by atomic mass is 9.79. The average molecular weight is 254 g/mol. The molecule has 0 saturated heterocycles. The summed E-state index contributed by atoms with van der Waals surface area (Å²) in [4.78, 5) is 4.60. The highest BCUT2D eigenvalue weighted by atomic mass is 14.9. The summed E-state index contributed by atoms with van der Waals surface area (Å²) in [5.74, 6) is 0.906. The van der Waals surface area contributed by atoms with Crippen LogP contribution in [0.2, 0.25) is 0 Å².